The molecule has 0 spiro atoms. The van der Waals surface area contributed by atoms with Gasteiger partial charge in [-0.05, 0) is 50.5 Å². The summed E-state index contributed by atoms with van der Waals surface area (Å²) in [6.07, 6.45) is 5.61. The zero-order chi connectivity index (χ0) is 27.8. The number of methoxy groups -OCH3 is 1. The third kappa shape index (κ3) is 7.74. The maximum atomic E-state index is 13.7. The number of hydrogen-bond donors (Lipinski definition) is 1. The van der Waals surface area contributed by atoms with Crippen molar-refractivity contribution in [1.82, 2.24) is 29.3 Å². The molecule has 1 aliphatic rings. The molecule has 1 N–H and O–H groups in total. The quantitative estimate of drug-likeness (QED) is 0.349. The number of aromatic nitrogens is 4. The third-order valence-electron chi connectivity index (χ3n) is 7.09. The highest BCUT2D eigenvalue weighted by molar-refractivity contribution is 5.78. The first-order valence-corrected chi connectivity index (χ1v) is 13.9. The third-order valence-corrected chi connectivity index (χ3v) is 7.09. The molecule has 0 unspecified atom stereocenters. The van der Waals surface area contributed by atoms with Crippen LogP contribution in [0.2, 0.25) is 0 Å². The zero-order valence-corrected chi connectivity index (χ0v) is 24.1. The van der Waals surface area contributed by atoms with E-state index in [4.69, 9.17) is 9.47 Å². The average Bonchev–Trinajstić information content (AvgIpc) is 3.14. The van der Waals surface area contributed by atoms with E-state index in [9.17, 15) is 4.79 Å². The van der Waals surface area contributed by atoms with Gasteiger partial charge < -0.3 is 24.6 Å². The highest BCUT2D eigenvalue weighted by Crippen LogP contribution is 2.24. The summed E-state index contributed by atoms with van der Waals surface area (Å²) in [4.78, 5) is 32.2. The molecule has 1 fully saturated rings. The summed E-state index contributed by atoms with van der Waals surface area (Å²) in [6.45, 7) is 14.0. The van der Waals surface area contributed by atoms with Gasteiger partial charge >= 0.3 is 0 Å². The molecule has 39 heavy (non-hydrogen) atoms. The summed E-state index contributed by atoms with van der Waals surface area (Å²) in [5.74, 6) is 0.869. The first kappa shape index (κ1) is 28.9. The Morgan fingerprint density at radius 2 is 1.87 bits per heavy atom. The zero-order valence-electron chi connectivity index (χ0n) is 24.1. The lowest BCUT2D eigenvalue weighted by atomic mass is 9.92. The van der Waals surface area contributed by atoms with Crippen LogP contribution in [0, 0.1) is 5.41 Å². The predicted octanol–water partition coefficient (Wildman–Crippen LogP) is 3.36. The van der Waals surface area contributed by atoms with Gasteiger partial charge in [-0.2, -0.15) is 0 Å². The summed E-state index contributed by atoms with van der Waals surface area (Å²) >= 11 is 0. The standard InChI is InChI=1S/C29H43N7O3/c1-6-15-39-16-14-36-24-17-23(22-8-9-25(38-5)30-18-22)19-31-26(24)33-27(28(36)37)32-20-29(2,3)21-35-11-7-10-34(4)12-13-35/h8-9,17-19H,6-7,10-16,20-21H2,1-5H3,(H,31,32,33). The lowest BCUT2D eigenvalue weighted by Gasteiger charge is -2.32. The van der Waals surface area contributed by atoms with E-state index in [0.717, 1.165) is 50.3 Å². The Morgan fingerprint density at radius 3 is 2.62 bits per heavy atom. The summed E-state index contributed by atoms with van der Waals surface area (Å²) in [5.41, 5.74) is 2.72. The second-order valence-electron chi connectivity index (χ2n) is 11.1. The lowest BCUT2D eigenvalue weighted by Crippen LogP contribution is -2.41. The number of hydrogen-bond acceptors (Lipinski definition) is 9. The fourth-order valence-electron chi connectivity index (χ4n) is 4.93. The molecule has 3 aromatic heterocycles. The number of anilines is 1. The van der Waals surface area contributed by atoms with Crippen LogP contribution in [0.15, 0.2) is 35.4 Å². The molecule has 0 bridgehead atoms. The molecule has 10 heteroatoms. The molecule has 212 valence electrons. The number of fused-ring (bicyclic) bond motifs is 1. The van der Waals surface area contributed by atoms with Gasteiger partial charge in [0.05, 0.1) is 19.2 Å². The summed E-state index contributed by atoms with van der Waals surface area (Å²) in [6, 6.07) is 5.68. The van der Waals surface area contributed by atoms with Crippen LogP contribution in [-0.2, 0) is 11.3 Å². The molecule has 4 rings (SSSR count). The van der Waals surface area contributed by atoms with Gasteiger partial charge in [-0.15, -0.1) is 0 Å². The Bertz CT molecular complexity index is 1280. The van der Waals surface area contributed by atoms with Crippen molar-refractivity contribution in [3.05, 3.63) is 40.9 Å². The molecule has 0 saturated carbocycles. The van der Waals surface area contributed by atoms with Crippen LogP contribution in [0.1, 0.15) is 33.6 Å². The SMILES string of the molecule is CCCOCCn1c(=O)c(NCC(C)(C)CN2CCCN(C)CC2)nc2ncc(-c3ccc(OC)nc3)cc21. The number of ether oxygens (including phenoxy) is 2. The van der Waals surface area contributed by atoms with E-state index in [1.807, 2.05) is 18.2 Å². The predicted molar refractivity (Wildman–Crippen MR) is 156 cm³/mol. The summed E-state index contributed by atoms with van der Waals surface area (Å²) in [5, 5.41) is 3.37. The molecule has 0 radical (unpaired) electrons. The first-order valence-electron chi connectivity index (χ1n) is 13.9. The van der Waals surface area contributed by atoms with Crippen molar-refractivity contribution in [2.24, 2.45) is 5.41 Å². The first-order chi connectivity index (χ1) is 18.8. The van der Waals surface area contributed by atoms with Gasteiger partial charge in [0.15, 0.2) is 11.5 Å². The van der Waals surface area contributed by atoms with Gasteiger partial charge in [0.2, 0.25) is 5.88 Å². The topological polar surface area (TPSA) is 97.6 Å². The molecular formula is C29H43N7O3. The summed E-state index contributed by atoms with van der Waals surface area (Å²) in [7, 11) is 3.77. The number of pyridine rings is 2. The van der Waals surface area contributed by atoms with Crippen LogP contribution in [0.25, 0.3) is 22.3 Å². The Hall–Kier alpha value is -3.08. The van der Waals surface area contributed by atoms with Crippen molar-refractivity contribution in [2.75, 3.05) is 72.0 Å². The normalized spacial score (nSPS) is 15.4. The number of nitrogens with zero attached hydrogens (tertiary/aromatic N) is 6. The van der Waals surface area contributed by atoms with Crippen LogP contribution < -0.4 is 15.6 Å². The molecular weight excluding hydrogens is 494 g/mol. The lowest BCUT2D eigenvalue weighted by molar-refractivity contribution is 0.127. The fraction of sp³-hybridized carbons (Fsp3) is 0.586. The average molecular weight is 538 g/mol. The van der Waals surface area contributed by atoms with Crippen LogP contribution in [0.5, 0.6) is 5.88 Å². The van der Waals surface area contributed by atoms with Crippen LogP contribution in [0.3, 0.4) is 0 Å². The van der Waals surface area contributed by atoms with Gasteiger partial charge in [-0.3, -0.25) is 9.36 Å². The molecule has 10 nitrogen and oxygen atoms in total. The van der Waals surface area contributed by atoms with E-state index in [1.54, 1.807) is 24.1 Å². The fourth-order valence-corrected chi connectivity index (χ4v) is 4.93. The maximum absolute atomic E-state index is 13.7. The molecule has 3 aromatic rings. The molecule has 4 heterocycles. The minimum Gasteiger partial charge on any atom is -0.481 e. The van der Waals surface area contributed by atoms with Crippen LogP contribution >= 0.6 is 0 Å². The molecule has 0 aliphatic carbocycles. The Balaban J connectivity index is 1.58. The molecule has 0 aromatic carbocycles. The van der Waals surface area contributed by atoms with E-state index < -0.39 is 0 Å². The smallest absolute Gasteiger partial charge is 0.293 e. The van der Waals surface area contributed by atoms with Gasteiger partial charge in [0, 0.05) is 68.9 Å². The van der Waals surface area contributed by atoms with Crippen molar-refractivity contribution < 1.29 is 9.47 Å². The second kappa shape index (κ2) is 13.3. The van der Waals surface area contributed by atoms with E-state index in [-0.39, 0.29) is 11.0 Å². The number of likely N-dealkylation sites (N-methyl/N-ethyl adjacent to an activating group) is 1. The monoisotopic (exact) mass is 537 g/mol. The molecule has 0 atom stereocenters. The van der Waals surface area contributed by atoms with Crippen molar-refractivity contribution in [3.63, 3.8) is 0 Å². The number of rotatable bonds is 12. The van der Waals surface area contributed by atoms with E-state index in [1.165, 1.54) is 6.42 Å². The largest absolute Gasteiger partial charge is 0.481 e. The van der Waals surface area contributed by atoms with Crippen molar-refractivity contribution in [3.8, 4) is 17.0 Å². The molecule has 0 amide bonds. The minimum absolute atomic E-state index is 0.0420. The van der Waals surface area contributed by atoms with Crippen molar-refractivity contribution in [2.45, 2.75) is 40.2 Å². The van der Waals surface area contributed by atoms with E-state index >= 15 is 0 Å². The Morgan fingerprint density at radius 1 is 1.05 bits per heavy atom. The summed E-state index contributed by atoms with van der Waals surface area (Å²) < 4.78 is 12.6. The highest BCUT2D eigenvalue weighted by atomic mass is 16.5. The Kier molecular flexibility index (Phi) is 9.88. The molecule has 1 aliphatic heterocycles. The van der Waals surface area contributed by atoms with Crippen LogP contribution in [-0.4, -0.2) is 96.0 Å². The van der Waals surface area contributed by atoms with Gasteiger partial charge in [-0.25, -0.2) is 15.0 Å². The Labute approximate surface area is 231 Å². The highest BCUT2D eigenvalue weighted by Gasteiger charge is 2.24. The second-order valence-corrected chi connectivity index (χ2v) is 11.1. The van der Waals surface area contributed by atoms with Gasteiger partial charge in [0.1, 0.15) is 0 Å². The van der Waals surface area contributed by atoms with E-state index in [0.29, 0.717) is 49.2 Å². The van der Waals surface area contributed by atoms with Gasteiger partial charge in [-0.1, -0.05) is 20.8 Å². The van der Waals surface area contributed by atoms with Crippen molar-refractivity contribution >= 4 is 17.0 Å². The maximum Gasteiger partial charge on any atom is 0.293 e. The van der Waals surface area contributed by atoms with Crippen LogP contribution in [0.4, 0.5) is 5.82 Å². The van der Waals surface area contributed by atoms with Crippen molar-refractivity contribution in [1.29, 1.82) is 0 Å². The number of nitrogens with one attached hydrogen (secondary N) is 1. The van der Waals surface area contributed by atoms with Gasteiger partial charge in [0.25, 0.3) is 5.56 Å². The minimum atomic E-state index is -0.165. The van der Waals surface area contributed by atoms with E-state index in [2.05, 4.69) is 57.9 Å². The molecule has 1 saturated heterocycles.